The van der Waals surface area contributed by atoms with E-state index in [-0.39, 0.29) is 5.56 Å². The number of carbonyl (C=O) groups excluding carboxylic acids is 1. The first-order valence-corrected chi connectivity index (χ1v) is 15.5. The van der Waals surface area contributed by atoms with Crippen molar-refractivity contribution in [1.29, 1.82) is 0 Å². The average Bonchev–Trinajstić information content (AvgIpc) is 3.63. The molecule has 5 rings (SSSR count). The SMILES string of the molecule is CC.CCC.CCC.CCC(C)n1c(C2=CC=CC(C)C2)nc2cc(C(=O)O)ccc21.O=CNc1ccc2[nH]ncc2c1. The number of hydrogen-bond acceptors (Lipinski definition) is 4. The van der Waals surface area contributed by atoms with Gasteiger partial charge in [-0.15, -0.1) is 0 Å². The Morgan fingerprint density at radius 2 is 1.79 bits per heavy atom. The Labute approximate surface area is 257 Å². The van der Waals surface area contributed by atoms with Gasteiger partial charge >= 0.3 is 5.97 Å². The predicted octanol–water partition coefficient (Wildman–Crippen LogP) is 9.67. The van der Waals surface area contributed by atoms with E-state index in [1.54, 1.807) is 18.3 Å². The number of carboxylic acid groups (broad SMARTS) is 1. The molecule has 3 N–H and O–H groups in total. The molecule has 0 bridgehead atoms. The highest BCUT2D eigenvalue weighted by Gasteiger charge is 2.20. The van der Waals surface area contributed by atoms with Crippen molar-refractivity contribution >= 4 is 45.6 Å². The van der Waals surface area contributed by atoms with E-state index in [0.717, 1.165) is 46.3 Å². The molecule has 1 aliphatic rings. The number of nitrogens with one attached hydrogen (secondary N) is 2. The molecular weight excluding hydrogens is 538 g/mol. The molecule has 0 radical (unpaired) electrons. The van der Waals surface area contributed by atoms with Gasteiger partial charge in [0.25, 0.3) is 0 Å². The normalized spacial score (nSPS) is 13.9. The molecule has 4 aromatic rings. The highest BCUT2D eigenvalue weighted by molar-refractivity contribution is 5.93. The van der Waals surface area contributed by atoms with E-state index in [0.29, 0.717) is 18.4 Å². The van der Waals surface area contributed by atoms with Crippen LogP contribution < -0.4 is 5.32 Å². The van der Waals surface area contributed by atoms with Crippen molar-refractivity contribution in [1.82, 2.24) is 19.7 Å². The number of amides is 1. The third-order valence-corrected chi connectivity index (χ3v) is 6.20. The number of H-pyrrole nitrogens is 1. The number of aromatic amines is 1. The molecule has 2 aromatic carbocycles. The largest absolute Gasteiger partial charge is 0.478 e. The lowest BCUT2D eigenvalue weighted by molar-refractivity contribution is -0.105. The summed E-state index contributed by atoms with van der Waals surface area (Å²) >= 11 is 0. The van der Waals surface area contributed by atoms with Crippen molar-refractivity contribution < 1.29 is 14.7 Å². The van der Waals surface area contributed by atoms with Crippen LogP contribution in [-0.4, -0.2) is 37.2 Å². The van der Waals surface area contributed by atoms with Crippen molar-refractivity contribution in [2.24, 2.45) is 5.92 Å². The van der Waals surface area contributed by atoms with E-state index < -0.39 is 5.97 Å². The molecule has 8 nitrogen and oxygen atoms in total. The number of carbonyl (C=O) groups is 2. The molecule has 234 valence electrons. The van der Waals surface area contributed by atoms with Gasteiger partial charge in [-0.25, -0.2) is 9.78 Å². The van der Waals surface area contributed by atoms with Crippen molar-refractivity contribution in [2.75, 3.05) is 5.32 Å². The van der Waals surface area contributed by atoms with Gasteiger partial charge in [-0.2, -0.15) is 5.10 Å². The number of carboxylic acids is 1. The average molecular weight is 590 g/mol. The van der Waals surface area contributed by atoms with E-state index in [1.807, 2.05) is 38.1 Å². The summed E-state index contributed by atoms with van der Waals surface area (Å²) in [4.78, 5) is 26.1. The summed E-state index contributed by atoms with van der Waals surface area (Å²) in [6.45, 7) is 19.0. The van der Waals surface area contributed by atoms with Crippen LogP contribution in [-0.2, 0) is 4.79 Å². The predicted molar refractivity (Wildman–Crippen MR) is 182 cm³/mol. The second kappa shape index (κ2) is 19.8. The van der Waals surface area contributed by atoms with E-state index in [2.05, 4.69) is 86.8 Å². The molecule has 0 saturated heterocycles. The minimum Gasteiger partial charge on any atom is -0.478 e. The van der Waals surface area contributed by atoms with Gasteiger partial charge < -0.3 is 15.0 Å². The van der Waals surface area contributed by atoms with Crippen LogP contribution in [0.5, 0.6) is 0 Å². The van der Waals surface area contributed by atoms with Crippen LogP contribution in [0.3, 0.4) is 0 Å². The molecule has 1 aliphatic carbocycles. The first-order chi connectivity index (χ1) is 20.7. The fourth-order valence-corrected chi connectivity index (χ4v) is 4.20. The number of aromatic nitrogens is 4. The number of hydrogen-bond donors (Lipinski definition) is 3. The van der Waals surface area contributed by atoms with Crippen molar-refractivity contribution in [3.63, 3.8) is 0 Å². The number of nitrogens with zero attached hydrogens (tertiary/aromatic N) is 3. The van der Waals surface area contributed by atoms with Crippen LogP contribution in [0.25, 0.3) is 27.5 Å². The minimum absolute atomic E-state index is 0.281. The van der Waals surface area contributed by atoms with Crippen LogP contribution >= 0.6 is 0 Å². The van der Waals surface area contributed by atoms with Gasteiger partial charge in [0.2, 0.25) is 6.41 Å². The second-order valence-electron chi connectivity index (χ2n) is 10.2. The minimum atomic E-state index is -0.917. The maximum Gasteiger partial charge on any atom is 0.335 e. The monoisotopic (exact) mass is 589 g/mol. The Morgan fingerprint density at radius 3 is 2.37 bits per heavy atom. The van der Waals surface area contributed by atoms with Gasteiger partial charge in [-0.05, 0) is 67.7 Å². The van der Waals surface area contributed by atoms with Crippen LogP contribution in [0.2, 0.25) is 0 Å². The Kier molecular flexibility index (Phi) is 17.0. The Morgan fingerprint density at radius 1 is 1.12 bits per heavy atom. The quantitative estimate of drug-likeness (QED) is 0.194. The Hall–Kier alpha value is -4.20. The number of benzene rings is 2. The third kappa shape index (κ3) is 10.9. The smallest absolute Gasteiger partial charge is 0.335 e. The summed E-state index contributed by atoms with van der Waals surface area (Å²) in [5.41, 5.74) is 4.99. The second-order valence-corrected chi connectivity index (χ2v) is 10.2. The maximum absolute atomic E-state index is 11.2. The third-order valence-electron chi connectivity index (χ3n) is 6.20. The van der Waals surface area contributed by atoms with Gasteiger partial charge in [0.05, 0.1) is 28.3 Å². The zero-order valence-electron chi connectivity index (χ0n) is 27.4. The molecular formula is C35H51N5O3. The number of rotatable bonds is 6. The summed E-state index contributed by atoms with van der Waals surface area (Å²) in [6, 6.07) is 11.1. The zero-order chi connectivity index (χ0) is 32.4. The summed E-state index contributed by atoms with van der Waals surface area (Å²) in [5.74, 6) is 0.544. The van der Waals surface area contributed by atoms with E-state index >= 15 is 0 Å². The summed E-state index contributed by atoms with van der Waals surface area (Å²) in [7, 11) is 0. The molecule has 1 amide bonds. The number of aromatic carboxylic acids is 1. The maximum atomic E-state index is 11.2. The Balaban J connectivity index is 0.000000386. The van der Waals surface area contributed by atoms with E-state index in [4.69, 9.17) is 4.98 Å². The lowest BCUT2D eigenvalue weighted by Crippen LogP contribution is -2.10. The van der Waals surface area contributed by atoms with Gasteiger partial charge in [-0.3, -0.25) is 9.89 Å². The summed E-state index contributed by atoms with van der Waals surface area (Å²) in [5, 5.41) is 19.4. The van der Waals surface area contributed by atoms with Crippen LogP contribution in [0.15, 0.2) is 60.8 Å². The zero-order valence-corrected chi connectivity index (χ0v) is 27.4. The molecule has 0 fully saturated rings. The molecule has 0 saturated carbocycles. The number of imidazole rings is 1. The molecule has 2 atom stereocenters. The van der Waals surface area contributed by atoms with Crippen LogP contribution in [0.1, 0.15) is 110 Å². The lowest BCUT2D eigenvalue weighted by Gasteiger charge is -2.20. The number of fused-ring (bicyclic) bond motifs is 2. The standard InChI is InChI=1S/C19H22N2O2.C8H7N3O.2C3H8.C2H6/c1-4-13(3)21-17-9-8-15(19(22)23)11-16(17)20-18(21)14-7-5-6-12(2)10-14;12-5-9-7-1-2-8-6(3-7)4-10-11-8;2*1-3-2;1-2/h5-9,11-13H,4,10H2,1-3H3,(H,22,23);1-5H,(H,9,12)(H,10,11);2*3H2,1-2H3;1-2H3. The van der Waals surface area contributed by atoms with E-state index in [9.17, 15) is 14.7 Å². The van der Waals surface area contributed by atoms with Gasteiger partial charge in [0.15, 0.2) is 0 Å². The highest BCUT2D eigenvalue weighted by atomic mass is 16.4. The van der Waals surface area contributed by atoms with Crippen LogP contribution in [0.4, 0.5) is 5.69 Å². The summed E-state index contributed by atoms with van der Waals surface area (Å²) in [6.07, 6.45) is 13.2. The van der Waals surface area contributed by atoms with Crippen molar-refractivity contribution in [2.45, 2.75) is 94.0 Å². The fraction of sp³-hybridized carbons (Fsp3) is 0.429. The topological polar surface area (TPSA) is 113 Å². The molecule has 8 heteroatoms. The Bertz CT molecular complexity index is 1460. The molecule has 43 heavy (non-hydrogen) atoms. The molecule has 0 spiro atoms. The fourth-order valence-electron chi connectivity index (χ4n) is 4.20. The molecule has 0 aliphatic heterocycles. The van der Waals surface area contributed by atoms with Gasteiger partial charge in [0.1, 0.15) is 5.82 Å². The summed E-state index contributed by atoms with van der Waals surface area (Å²) < 4.78 is 2.25. The first-order valence-electron chi connectivity index (χ1n) is 15.5. The lowest BCUT2D eigenvalue weighted by atomic mass is 9.95. The number of anilines is 1. The van der Waals surface area contributed by atoms with Crippen molar-refractivity contribution in [3.05, 3.63) is 72.2 Å². The molecule has 2 aromatic heterocycles. The molecule has 2 unspecified atom stereocenters. The van der Waals surface area contributed by atoms with Crippen molar-refractivity contribution in [3.8, 4) is 0 Å². The van der Waals surface area contributed by atoms with Gasteiger partial charge in [0, 0.05) is 17.1 Å². The van der Waals surface area contributed by atoms with Crippen LogP contribution in [0, 0.1) is 5.92 Å². The highest BCUT2D eigenvalue weighted by Crippen LogP contribution is 2.32. The van der Waals surface area contributed by atoms with Gasteiger partial charge in [-0.1, -0.05) is 86.5 Å². The number of allylic oxidation sites excluding steroid dienone is 4. The molecule has 2 heterocycles. The first kappa shape index (κ1) is 36.8. The van der Waals surface area contributed by atoms with E-state index in [1.165, 1.54) is 18.4 Å².